The molecule has 7 rings (SSSR count). The van der Waals surface area contributed by atoms with Crippen molar-refractivity contribution in [1.29, 1.82) is 0 Å². The van der Waals surface area contributed by atoms with Gasteiger partial charge in [0, 0.05) is 208 Å². The van der Waals surface area contributed by atoms with Crippen LogP contribution in [-0.2, 0) is 0 Å². The molecular formula is C113H209N37. The van der Waals surface area contributed by atoms with Crippen molar-refractivity contribution < 1.29 is 0 Å². The van der Waals surface area contributed by atoms with Gasteiger partial charge in [-0.25, -0.2) is 4.98 Å². The Hall–Kier alpha value is -10.1. The first-order valence-corrected chi connectivity index (χ1v) is 59.4. The number of anilines is 16. The van der Waals surface area contributed by atoms with E-state index in [1.807, 2.05) is 86.7 Å². The lowest BCUT2D eigenvalue weighted by Gasteiger charge is -2.29. The molecule has 0 aliphatic carbocycles. The summed E-state index contributed by atoms with van der Waals surface area (Å²) in [6, 6.07) is 0. The molecule has 0 aromatic carbocycles. The molecule has 0 saturated carbocycles. The maximum atomic E-state index is 5.56. The van der Waals surface area contributed by atoms with Gasteiger partial charge >= 0.3 is 0 Å². The average Bonchev–Trinajstić information content (AvgIpc) is 0.818. The van der Waals surface area contributed by atoms with Crippen LogP contribution in [0.15, 0.2) is 0 Å². The average molecular weight is 2090 g/mol. The monoisotopic (exact) mass is 2080 g/mol. The van der Waals surface area contributed by atoms with E-state index in [-0.39, 0.29) is 0 Å². The number of likely N-dealkylation sites (N-methyl/N-ethyl adjacent to an activating group) is 11. The third kappa shape index (κ3) is 49.3. The van der Waals surface area contributed by atoms with Gasteiger partial charge in [0.2, 0.25) is 95.2 Å². The predicted molar refractivity (Wildman–Crippen MR) is 633 cm³/mol. The lowest BCUT2D eigenvalue weighted by molar-refractivity contribution is 0.563. The van der Waals surface area contributed by atoms with Crippen LogP contribution < -0.4 is 78.8 Å². The molecule has 846 valence electrons. The molecule has 0 spiro atoms. The van der Waals surface area contributed by atoms with Gasteiger partial charge in [0.1, 0.15) is 29.1 Å². The first-order chi connectivity index (χ1) is 72.7. The Labute approximate surface area is 909 Å². The van der Waals surface area contributed by atoms with Crippen molar-refractivity contribution in [2.45, 2.75) is 398 Å². The second-order valence-corrected chi connectivity index (χ2v) is 42.6. The van der Waals surface area contributed by atoms with E-state index in [0.29, 0.717) is 179 Å². The number of aryl methyl sites for hydroxylation is 5. The molecule has 7 aromatic rings. The van der Waals surface area contributed by atoms with Crippen LogP contribution in [-0.4, -0.2) is 313 Å². The van der Waals surface area contributed by atoms with Gasteiger partial charge in [-0.05, 0) is 86.0 Å². The number of nitrogens with one attached hydrogen (secondary N) is 1. The molecule has 0 bridgehead atoms. The van der Waals surface area contributed by atoms with Crippen LogP contribution in [0.3, 0.4) is 0 Å². The van der Waals surface area contributed by atoms with Gasteiger partial charge in [-0.3, -0.25) is 0 Å². The minimum atomic E-state index is 0.457. The Morgan fingerprint density at radius 3 is 0.473 bits per heavy atom. The highest BCUT2D eigenvalue weighted by molar-refractivity contribution is 5.52. The SMILES string of the molecule is CCCCCCCCN(CCCCCCCC)c1nc(C)nc(N(C)CCN(C)c2nc(N(C)CCN(C)c3nc(C)nc(C)n3)nc(N(C)CCN(C)c3nc(C)nc(NCCN(C)c4nc(N(C)CCN(C)c5nc(C)nc(N(CCCCCCCC)CCCCCCCC)n5)nc(N(C)CCN(C)c5nc(N(CCCCCCCC)CCCCCCCC)nc(N(CCCCCCCC)CCCCCCCC)n5)n4)n3)n2)n1. The van der Waals surface area contributed by atoms with Gasteiger partial charge in [-0.2, -0.15) is 99.7 Å². The Balaban J connectivity index is 1.16. The summed E-state index contributed by atoms with van der Waals surface area (Å²) in [6.45, 7) is 42.1. The largest absolute Gasteiger partial charge is 0.352 e. The van der Waals surface area contributed by atoms with Gasteiger partial charge in [-0.15, -0.1) is 0 Å². The Morgan fingerprint density at radius 1 is 0.133 bits per heavy atom. The van der Waals surface area contributed by atoms with Crippen LogP contribution in [0.2, 0.25) is 0 Å². The Morgan fingerprint density at radius 2 is 0.267 bits per heavy atom. The second kappa shape index (κ2) is 74.8. The van der Waals surface area contributed by atoms with Gasteiger partial charge in [0.05, 0.1) is 0 Å². The van der Waals surface area contributed by atoms with E-state index in [2.05, 4.69) is 175 Å². The molecule has 7 aromatic heterocycles. The highest BCUT2D eigenvalue weighted by atomic mass is 15.4. The predicted octanol–water partition coefficient (Wildman–Crippen LogP) is 22.0. The first kappa shape index (κ1) is 127. The smallest absolute Gasteiger partial charge is 0.231 e. The van der Waals surface area contributed by atoms with E-state index in [1.54, 1.807) is 0 Å². The lowest BCUT2D eigenvalue weighted by atomic mass is 10.1. The van der Waals surface area contributed by atoms with Crippen molar-refractivity contribution >= 4 is 95.2 Å². The molecule has 37 heteroatoms. The normalized spacial score (nSPS) is 11.4. The van der Waals surface area contributed by atoms with Crippen molar-refractivity contribution in [2.24, 2.45) is 0 Å². The third-order valence-electron chi connectivity index (χ3n) is 28.6. The molecule has 7 heterocycles. The van der Waals surface area contributed by atoms with Gasteiger partial charge in [0.25, 0.3) is 0 Å². The summed E-state index contributed by atoms with van der Waals surface area (Å²) < 4.78 is 0. The molecule has 37 nitrogen and oxygen atoms in total. The van der Waals surface area contributed by atoms with Crippen LogP contribution in [0.25, 0.3) is 0 Å². The van der Waals surface area contributed by atoms with Crippen molar-refractivity contribution in [2.75, 3.05) is 287 Å². The second-order valence-electron chi connectivity index (χ2n) is 42.6. The van der Waals surface area contributed by atoms with Crippen LogP contribution >= 0.6 is 0 Å². The summed E-state index contributed by atoms with van der Waals surface area (Å²) in [5, 5.41) is 3.57. The molecule has 0 radical (unpaired) electrons. The maximum Gasteiger partial charge on any atom is 0.231 e. The molecule has 0 aliphatic rings. The van der Waals surface area contributed by atoms with Crippen molar-refractivity contribution in [3.8, 4) is 0 Å². The van der Waals surface area contributed by atoms with Crippen LogP contribution in [0.4, 0.5) is 95.2 Å². The van der Waals surface area contributed by atoms with E-state index in [0.717, 1.165) is 128 Å². The van der Waals surface area contributed by atoms with E-state index < -0.39 is 0 Å². The molecule has 0 fully saturated rings. The van der Waals surface area contributed by atoms with E-state index >= 15 is 0 Å². The minimum absolute atomic E-state index is 0.457. The fourth-order valence-electron chi connectivity index (χ4n) is 18.4. The fourth-order valence-corrected chi connectivity index (χ4v) is 18.4. The molecule has 0 saturated heterocycles. The van der Waals surface area contributed by atoms with Crippen molar-refractivity contribution in [3.63, 3.8) is 0 Å². The topological polar surface area (TPSA) is 331 Å². The highest BCUT2D eigenvalue weighted by Gasteiger charge is 2.27. The fraction of sp³-hybridized carbons (Fsp3) is 0.814. The summed E-state index contributed by atoms with van der Waals surface area (Å²) in [5.41, 5.74) is 0. The Bertz CT molecular complexity index is 4550. The summed E-state index contributed by atoms with van der Waals surface area (Å²) in [4.78, 5) is 140. The zero-order chi connectivity index (χ0) is 108. The number of rotatable bonds is 90. The Kier molecular flexibility index (Phi) is 63.2. The molecule has 1 N–H and O–H groups in total. The number of aromatic nitrogens is 21. The van der Waals surface area contributed by atoms with Crippen molar-refractivity contribution in [3.05, 3.63) is 29.1 Å². The third-order valence-corrected chi connectivity index (χ3v) is 28.6. The number of nitrogens with zero attached hydrogens (tertiary/aromatic N) is 36. The summed E-state index contributed by atoms with van der Waals surface area (Å²) in [5.74, 6) is 13.3. The van der Waals surface area contributed by atoms with Gasteiger partial charge < -0.3 is 78.8 Å². The van der Waals surface area contributed by atoms with Crippen molar-refractivity contribution in [1.82, 2.24) is 105 Å². The maximum absolute atomic E-state index is 5.56. The number of hydrogen-bond acceptors (Lipinski definition) is 37. The summed E-state index contributed by atoms with van der Waals surface area (Å²) in [7, 11) is 22.5. The molecular weight excluding hydrogens is 1880 g/mol. The molecule has 0 amide bonds. The van der Waals surface area contributed by atoms with Crippen LogP contribution in [0, 0.1) is 34.6 Å². The zero-order valence-electron chi connectivity index (χ0n) is 99.2. The van der Waals surface area contributed by atoms with Crippen LogP contribution in [0.1, 0.15) is 393 Å². The summed E-state index contributed by atoms with van der Waals surface area (Å²) in [6.07, 6.45) is 59.1. The van der Waals surface area contributed by atoms with E-state index in [9.17, 15) is 0 Å². The number of unbranched alkanes of at least 4 members (excludes halogenated alkanes) is 40. The van der Waals surface area contributed by atoms with Crippen LogP contribution in [0.5, 0.6) is 0 Å². The standard InChI is InChI=1S/C113H209N37/c1-25-33-41-49-57-65-74-147(75-66-58-50-42-34-26-2)110-122-96(12)120-101(131-110)139(17)85-89-143(21)104-125-103(126-105(127-104)145(23)91-92-146(24)109-133-112(149(78-69-61-53-45-37-29-5)79-70-62-54-46-38-30-6)135-113(134-109)150(80-71-63-55-47-39-31-7)81-72-64-56-48-40-32-8)136(14)82-73-114-98-116-95(11)119-100(124-98)138(16)84-88-142(20)107-128-106(141(19)87-83-137(15)99-117-93(9)115-94(10)118-99)129-108(130-107)144(22)90-86-140(18)102-121-97(13)123-111(132-102)148(76-67-59-51-43-35-27-3)77-68-60-52-44-36-28-4/h25-92H2,1-24H3,(H,114,116,119,124). The lowest BCUT2D eigenvalue weighted by Crippen LogP contribution is -2.37. The van der Waals surface area contributed by atoms with Gasteiger partial charge in [0.15, 0.2) is 0 Å². The molecule has 150 heavy (non-hydrogen) atoms. The van der Waals surface area contributed by atoms with E-state index in [1.165, 1.54) is 257 Å². The van der Waals surface area contributed by atoms with E-state index in [4.69, 9.17) is 89.7 Å². The zero-order valence-corrected chi connectivity index (χ0v) is 99.2. The molecule has 0 unspecified atom stereocenters. The minimum Gasteiger partial charge on any atom is -0.352 e. The molecule has 0 atom stereocenters. The van der Waals surface area contributed by atoms with Gasteiger partial charge in [-0.1, -0.05) is 312 Å². The quantitative estimate of drug-likeness (QED) is 0.0346. The summed E-state index contributed by atoms with van der Waals surface area (Å²) >= 11 is 0. The highest BCUT2D eigenvalue weighted by Crippen LogP contribution is 2.29. The first-order valence-electron chi connectivity index (χ1n) is 59.4. The molecule has 0 aliphatic heterocycles. The number of hydrogen-bond donors (Lipinski definition) is 1.